The number of nitrogens with one attached hydrogen (secondary N) is 1. The van der Waals surface area contributed by atoms with E-state index in [0.717, 1.165) is 0 Å². The minimum atomic E-state index is -3.82. The molecule has 8 heteroatoms. The lowest BCUT2D eigenvalue weighted by Gasteiger charge is -2.10. The van der Waals surface area contributed by atoms with E-state index in [0.29, 0.717) is 16.9 Å². The monoisotopic (exact) mass is 308 g/mol. The molecule has 7 nitrogen and oxygen atoms in total. The number of carbonyl (C=O) groups excluding carboxylic acids is 1. The van der Waals surface area contributed by atoms with Crippen LogP contribution >= 0.6 is 0 Å². The molecule has 112 valence electrons. The standard InChI is InChI=1S/C13H16N4O3S/c1-8-10(14)4-3-5-11(8)16-21(19,20)9-6-12(13(15)18)17(2)7-9/h3-7,16H,14H2,1-2H3,(H2,15,18). The predicted molar refractivity (Wildman–Crippen MR) is 80.3 cm³/mol. The van der Waals surface area contributed by atoms with E-state index in [4.69, 9.17) is 11.5 Å². The fourth-order valence-electron chi connectivity index (χ4n) is 1.89. The molecule has 0 unspecified atom stereocenters. The highest BCUT2D eigenvalue weighted by Crippen LogP contribution is 2.24. The minimum Gasteiger partial charge on any atom is -0.398 e. The topological polar surface area (TPSA) is 120 Å². The number of nitrogen functional groups attached to an aromatic ring is 1. The Balaban J connectivity index is 2.41. The molecule has 0 aliphatic heterocycles. The normalized spacial score (nSPS) is 11.3. The molecule has 0 saturated carbocycles. The molecule has 1 aromatic carbocycles. The maximum atomic E-state index is 12.3. The second-order valence-corrected chi connectivity index (χ2v) is 6.34. The molecule has 5 N–H and O–H groups in total. The van der Waals surface area contributed by atoms with Gasteiger partial charge >= 0.3 is 0 Å². The Labute approximate surface area is 122 Å². The molecule has 0 atom stereocenters. The molecule has 1 heterocycles. The third-order valence-corrected chi connectivity index (χ3v) is 4.50. The largest absolute Gasteiger partial charge is 0.398 e. The van der Waals surface area contributed by atoms with Gasteiger partial charge in [-0.05, 0) is 30.7 Å². The first kappa shape index (κ1) is 14.9. The van der Waals surface area contributed by atoms with Crippen molar-refractivity contribution in [3.8, 4) is 0 Å². The zero-order valence-corrected chi connectivity index (χ0v) is 12.4. The number of nitrogens with two attached hydrogens (primary N) is 2. The zero-order valence-electron chi connectivity index (χ0n) is 11.6. The average molecular weight is 308 g/mol. The smallest absolute Gasteiger partial charge is 0.265 e. The summed E-state index contributed by atoms with van der Waals surface area (Å²) < 4.78 is 28.5. The first-order valence-corrected chi connectivity index (χ1v) is 7.55. The maximum absolute atomic E-state index is 12.3. The van der Waals surface area contributed by atoms with Crippen LogP contribution in [0, 0.1) is 6.92 Å². The fourth-order valence-corrected chi connectivity index (χ4v) is 3.09. The number of rotatable bonds is 4. The molecule has 0 fully saturated rings. The van der Waals surface area contributed by atoms with Crippen molar-refractivity contribution < 1.29 is 13.2 Å². The summed E-state index contributed by atoms with van der Waals surface area (Å²) in [4.78, 5) is 11.1. The molecule has 1 amide bonds. The van der Waals surface area contributed by atoms with Gasteiger partial charge in [0.2, 0.25) is 0 Å². The van der Waals surface area contributed by atoms with Crippen LogP contribution in [0.15, 0.2) is 35.4 Å². The van der Waals surface area contributed by atoms with Crippen LogP contribution in [0.5, 0.6) is 0 Å². The van der Waals surface area contributed by atoms with E-state index in [1.54, 1.807) is 32.2 Å². The Morgan fingerprint density at radius 3 is 2.57 bits per heavy atom. The summed E-state index contributed by atoms with van der Waals surface area (Å²) in [5, 5.41) is 0. The number of aromatic nitrogens is 1. The van der Waals surface area contributed by atoms with Gasteiger partial charge in [-0.25, -0.2) is 8.42 Å². The van der Waals surface area contributed by atoms with Gasteiger partial charge in [0, 0.05) is 18.9 Å². The van der Waals surface area contributed by atoms with E-state index >= 15 is 0 Å². The summed E-state index contributed by atoms with van der Waals surface area (Å²) in [7, 11) is -2.28. The van der Waals surface area contributed by atoms with Gasteiger partial charge in [-0.3, -0.25) is 9.52 Å². The van der Waals surface area contributed by atoms with Gasteiger partial charge < -0.3 is 16.0 Å². The van der Waals surface area contributed by atoms with E-state index in [9.17, 15) is 13.2 Å². The molecule has 0 aliphatic carbocycles. The summed E-state index contributed by atoms with van der Waals surface area (Å²) in [5.41, 5.74) is 12.5. The van der Waals surface area contributed by atoms with Gasteiger partial charge in [-0.1, -0.05) is 6.07 Å². The lowest BCUT2D eigenvalue weighted by molar-refractivity contribution is 0.0992. The molecule has 1 aromatic heterocycles. The van der Waals surface area contributed by atoms with Crippen molar-refractivity contribution >= 4 is 27.3 Å². The van der Waals surface area contributed by atoms with E-state index in [1.807, 2.05) is 0 Å². The summed E-state index contributed by atoms with van der Waals surface area (Å²) in [6.45, 7) is 1.72. The third kappa shape index (κ3) is 2.84. The van der Waals surface area contributed by atoms with Crippen molar-refractivity contribution in [1.29, 1.82) is 0 Å². The number of carbonyl (C=O) groups is 1. The van der Waals surface area contributed by atoms with E-state index in [-0.39, 0.29) is 10.6 Å². The van der Waals surface area contributed by atoms with Crippen LogP contribution in [0.2, 0.25) is 0 Å². The van der Waals surface area contributed by atoms with E-state index < -0.39 is 15.9 Å². The quantitative estimate of drug-likeness (QED) is 0.724. The lowest BCUT2D eigenvalue weighted by Crippen LogP contribution is -2.14. The first-order chi connectivity index (χ1) is 9.72. The number of anilines is 2. The molecule has 2 rings (SSSR count). The molecule has 0 aliphatic rings. The number of sulfonamides is 1. The van der Waals surface area contributed by atoms with Gasteiger partial charge in [0.25, 0.3) is 15.9 Å². The summed E-state index contributed by atoms with van der Waals surface area (Å²) >= 11 is 0. The average Bonchev–Trinajstić information content (AvgIpc) is 2.78. The molecule has 0 bridgehead atoms. The van der Waals surface area contributed by atoms with Crippen LogP contribution in [0.4, 0.5) is 11.4 Å². The van der Waals surface area contributed by atoms with Gasteiger partial charge in [0.15, 0.2) is 0 Å². The Morgan fingerprint density at radius 2 is 2.00 bits per heavy atom. The van der Waals surface area contributed by atoms with Crippen molar-refractivity contribution in [3.63, 3.8) is 0 Å². The number of amides is 1. The van der Waals surface area contributed by atoms with Gasteiger partial charge in [-0.15, -0.1) is 0 Å². The molecule has 0 spiro atoms. The number of primary amides is 1. The van der Waals surface area contributed by atoms with Crippen molar-refractivity contribution in [2.24, 2.45) is 12.8 Å². The van der Waals surface area contributed by atoms with Crippen LogP contribution in [-0.4, -0.2) is 18.9 Å². The Bertz CT molecular complexity index is 809. The highest BCUT2D eigenvalue weighted by molar-refractivity contribution is 7.92. The predicted octanol–water partition coefficient (Wildman–Crippen LogP) is 0.815. The van der Waals surface area contributed by atoms with Crippen LogP contribution < -0.4 is 16.2 Å². The van der Waals surface area contributed by atoms with Gasteiger partial charge in [-0.2, -0.15) is 0 Å². The van der Waals surface area contributed by atoms with Crippen LogP contribution in [0.3, 0.4) is 0 Å². The second-order valence-electron chi connectivity index (χ2n) is 4.66. The van der Waals surface area contributed by atoms with Gasteiger partial charge in [0.1, 0.15) is 10.6 Å². The lowest BCUT2D eigenvalue weighted by atomic mass is 10.2. The number of aryl methyl sites for hydroxylation is 1. The van der Waals surface area contributed by atoms with Crippen molar-refractivity contribution in [1.82, 2.24) is 4.57 Å². The number of nitrogens with zero attached hydrogens (tertiary/aromatic N) is 1. The van der Waals surface area contributed by atoms with Crippen molar-refractivity contribution in [2.45, 2.75) is 11.8 Å². The summed E-state index contributed by atoms with van der Waals surface area (Å²) in [5.74, 6) is -0.695. The molecular weight excluding hydrogens is 292 g/mol. The molecule has 2 aromatic rings. The van der Waals surface area contributed by atoms with E-state index in [2.05, 4.69) is 4.72 Å². The van der Waals surface area contributed by atoms with Crippen molar-refractivity contribution in [3.05, 3.63) is 41.7 Å². The Kier molecular flexibility index (Phi) is 3.65. The van der Waals surface area contributed by atoms with Crippen molar-refractivity contribution in [2.75, 3.05) is 10.5 Å². The summed E-state index contributed by atoms with van der Waals surface area (Å²) in [6.07, 6.45) is 1.32. The van der Waals surface area contributed by atoms with Crippen LogP contribution in [0.1, 0.15) is 16.1 Å². The summed E-state index contributed by atoms with van der Waals surface area (Å²) in [6, 6.07) is 6.17. The molecule has 0 radical (unpaired) electrons. The highest BCUT2D eigenvalue weighted by Gasteiger charge is 2.20. The highest BCUT2D eigenvalue weighted by atomic mass is 32.2. The van der Waals surface area contributed by atoms with Crippen LogP contribution in [0.25, 0.3) is 0 Å². The molecule has 0 saturated heterocycles. The maximum Gasteiger partial charge on any atom is 0.265 e. The Morgan fingerprint density at radius 1 is 1.33 bits per heavy atom. The van der Waals surface area contributed by atoms with Crippen LogP contribution in [-0.2, 0) is 17.1 Å². The zero-order chi connectivity index (χ0) is 15.8. The fraction of sp³-hybridized carbons (Fsp3) is 0.154. The first-order valence-electron chi connectivity index (χ1n) is 6.06. The third-order valence-electron chi connectivity index (χ3n) is 3.16. The number of hydrogen-bond donors (Lipinski definition) is 3. The van der Waals surface area contributed by atoms with E-state index in [1.165, 1.54) is 16.8 Å². The number of hydrogen-bond acceptors (Lipinski definition) is 4. The second kappa shape index (κ2) is 5.13. The molecule has 21 heavy (non-hydrogen) atoms. The minimum absolute atomic E-state index is 0.0411. The number of benzene rings is 1. The van der Waals surface area contributed by atoms with Gasteiger partial charge in [0.05, 0.1) is 5.69 Å². The SMILES string of the molecule is Cc1c(N)cccc1NS(=O)(=O)c1cc(C(N)=O)n(C)c1. The molecular formula is C13H16N4O3S. The Hall–Kier alpha value is -2.48.